The summed E-state index contributed by atoms with van der Waals surface area (Å²) < 4.78 is 21.1. The maximum Gasteiger partial charge on any atom is 0.316 e. The van der Waals surface area contributed by atoms with E-state index in [9.17, 15) is 9.36 Å². The molecule has 0 saturated carbocycles. The van der Waals surface area contributed by atoms with Crippen LogP contribution < -0.4 is 4.52 Å². The van der Waals surface area contributed by atoms with Gasteiger partial charge in [-0.05, 0) is 47.5 Å². The van der Waals surface area contributed by atoms with Crippen LogP contribution in [0.3, 0.4) is 0 Å². The van der Waals surface area contributed by atoms with Crippen molar-refractivity contribution in [1.29, 1.82) is 0 Å². The molecule has 0 aliphatic carbocycles. The molecular weight excluding hydrogens is 409 g/mol. The number of carbonyl (C=O) groups excluding carboxylic acids is 1. The van der Waals surface area contributed by atoms with Gasteiger partial charge in [0.1, 0.15) is 5.75 Å². The Morgan fingerprint density at radius 1 is 0.871 bits per heavy atom. The summed E-state index contributed by atoms with van der Waals surface area (Å²) in [7, 11) is -3.23. The van der Waals surface area contributed by atoms with Gasteiger partial charge in [0.25, 0.3) is 0 Å². The lowest BCUT2D eigenvalue weighted by atomic mass is 9.96. The van der Waals surface area contributed by atoms with Crippen LogP contribution in [0.4, 0.5) is 0 Å². The molecule has 4 rings (SSSR count). The molecule has 6 nitrogen and oxygen atoms in total. The monoisotopic (exact) mass is 431 g/mol. The van der Waals surface area contributed by atoms with Crippen LogP contribution in [0, 0.1) is 0 Å². The average molecular weight is 431 g/mol. The number of hydrogen-bond donors (Lipinski definition) is 0. The molecule has 0 spiro atoms. The zero-order valence-electron chi connectivity index (χ0n) is 17.1. The highest BCUT2D eigenvalue weighted by molar-refractivity contribution is 7.56. The highest BCUT2D eigenvalue weighted by Gasteiger charge is 2.36. The number of aromatic nitrogens is 2. The van der Waals surface area contributed by atoms with Crippen molar-refractivity contribution in [2.75, 3.05) is 19.8 Å². The van der Waals surface area contributed by atoms with Gasteiger partial charge in [0.05, 0.1) is 0 Å². The van der Waals surface area contributed by atoms with Gasteiger partial charge in [-0.25, -0.2) is 4.67 Å². The summed E-state index contributed by atoms with van der Waals surface area (Å²) in [5.41, 5.74) is 2.69. The molecule has 7 heteroatoms. The molecule has 31 heavy (non-hydrogen) atoms. The number of nitrogens with zero attached hydrogens (tertiary/aromatic N) is 3. The fourth-order valence-electron chi connectivity index (χ4n) is 3.34. The van der Waals surface area contributed by atoms with Crippen LogP contribution in [0.25, 0.3) is 12.2 Å². The Balaban J connectivity index is 1.70. The van der Waals surface area contributed by atoms with Crippen molar-refractivity contribution in [2.24, 2.45) is 0 Å². The number of Topliss-reactive ketones (excluding diaryl/α,β-unsaturated/α-hetero) is 1. The van der Waals surface area contributed by atoms with E-state index in [1.54, 1.807) is 60.4 Å². The third-order valence-corrected chi connectivity index (χ3v) is 6.73. The lowest BCUT2D eigenvalue weighted by Crippen LogP contribution is -2.36. The molecule has 1 atom stereocenters. The molecule has 1 aromatic carbocycles. The van der Waals surface area contributed by atoms with E-state index in [0.717, 1.165) is 11.1 Å². The molecule has 0 amide bonds. The largest absolute Gasteiger partial charge is 0.433 e. The van der Waals surface area contributed by atoms with Crippen molar-refractivity contribution in [3.8, 4) is 5.75 Å². The van der Waals surface area contributed by atoms with E-state index in [0.29, 0.717) is 16.9 Å². The van der Waals surface area contributed by atoms with E-state index in [4.69, 9.17) is 4.52 Å². The summed E-state index contributed by atoms with van der Waals surface area (Å²) in [5.74, 6) is 0.449. The van der Waals surface area contributed by atoms with Gasteiger partial charge in [0, 0.05) is 55.7 Å². The zero-order valence-corrected chi connectivity index (χ0v) is 18.0. The summed E-state index contributed by atoms with van der Waals surface area (Å²) in [4.78, 5) is 21.5. The Labute approximate surface area is 181 Å². The molecule has 1 unspecified atom stereocenters. The van der Waals surface area contributed by atoms with Crippen molar-refractivity contribution in [1.82, 2.24) is 14.6 Å². The van der Waals surface area contributed by atoms with Crippen LogP contribution in [-0.4, -0.2) is 40.2 Å². The Bertz CT molecular complexity index is 1100. The Hall–Kier alpha value is -3.34. The number of para-hydroxylation sites is 1. The van der Waals surface area contributed by atoms with Gasteiger partial charge in [-0.2, -0.15) is 0 Å². The third kappa shape index (κ3) is 5.23. The molecule has 1 aliphatic heterocycles. The number of pyridine rings is 2. The first kappa shape index (κ1) is 20.9. The smallest absolute Gasteiger partial charge is 0.316 e. The highest BCUT2D eigenvalue weighted by Crippen LogP contribution is 2.49. The molecule has 0 bridgehead atoms. The normalized spacial score (nSPS) is 19.3. The number of carbonyl (C=O) groups is 1. The molecule has 3 heterocycles. The number of benzene rings is 1. The Morgan fingerprint density at radius 3 is 1.90 bits per heavy atom. The maximum atomic E-state index is 13.6. The number of piperidine rings is 1. The molecule has 1 saturated heterocycles. The van der Waals surface area contributed by atoms with Gasteiger partial charge in [0.15, 0.2) is 5.78 Å². The number of hydrogen-bond acceptors (Lipinski definition) is 5. The van der Waals surface area contributed by atoms with Crippen molar-refractivity contribution in [3.63, 3.8) is 0 Å². The highest BCUT2D eigenvalue weighted by atomic mass is 31.2. The van der Waals surface area contributed by atoms with Gasteiger partial charge in [-0.3, -0.25) is 19.3 Å². The lowest BCUT2D eigenvalue weighted by Gasteiger charge is -2.33. The van der Waals surface area contributed by atoms with Crippen molar-refractivity contribution in [2.45, 2.75) is 0 Å². The first-order valence-electron chi connectivity index (χ1n) is 9.85. The fourth-order valence-corrected chi connectivity index (χ4v) is 4.78. The molecule has 3 aromatic rings. The zero-order chi connectivity index (χ0) is 21.7. The standard InChI is InChI=1S/C24H22N3O3P/c1-31(29,30-23-9-3-2-4-10-23)27-17-21(13-19-7-5-11-25-15-19)24(28)22(18-27)14-20-8-6-12-26-16-20/h2-16H,17-18H2,1H3/b21-13+,22-14+. The predicted octanol–water partition coefficient (Wildman–Crippen LogP) is 4.73. The number of rotatable bonds is 5. The minimum absolute atomic E-state index is 0.0799. The van der Waals surface area contributed by atoms with Crippen molar-refractivity contribution in [3.05, 3.63) is 102 Å². The van der Waals surface area contributed by atoms with E-state index >= 15 is 0 Å². The molecule has 156 valence electrons. The quantitative estimate of drug-likeness (QED) is 0.430. The summed E-state index contributed by atoms with van der Waals surface area (Å²) in [5, 5.41) is 0. The van der Waals surface area contributed by atoms with E-state index in [1.807, 2.05) is 42.5 Å². The first-order valence-corrected chi connectivity index (χ1v) is 11.9. The summed E-state index contributed by atoms with van der Waals surface area (Å²) in [6.45, 7) is 2.02. The Kier molecular flexibility index (Phi) is 6.21. The lowest BCUT2D eigenvalue weighted by molar-refractivity contribution is -0.113. The van der Waals surface area contributed by atoms with Crippen molar-refractivity contribution < 1.29 is 13.9 Å². The van der Waals surface area contributed by atoms with Gasteiger partial charge >= 0.3 is 7.52 Å². The molecule has 0 radical (unpaired) electrons. The van der Waals surface area contributed by atoms with Crippen molar-refractivity contribution >= 4 is 25.5 Å². The second-order valence-electron chi connectivity index (χ2n) is 7.27. The Morgan fingerprint density at radius 2 is 1.42 bits per heavy atom. The molecule has 2 aromatic heterocycles. The summed E-state index contributed by atoms with van der Waals surface area (Å²) >= 11 is 0. The third-order valence-electron chi connectivity index (χ3n) is 4.87. The topological polar surface area (TPSA) is 72.4 Å². The van der Waals surface area contributed by atoms with E-state index < -0.39 is 7.52 Å². The fraction of sp³-hybridized carbons (Fsp3) is 0.125. The van der Waals surface area contributed by atoms with Gasteiger partial charge in [-0.15, -0.1) is 0 Å². The molecule has 0 N–H and O–H groups in total. The van der Waals surface area contributed by atoms with Gasteiger partial charge < -0.3 is 4.52 Å². The SMILES string of the molecule is CP(=O)(Oc1ccccc1)N1C/C(=C\c2cccnc2)C(=O)/C(=C/c2cccnc2)C1. The minimum Gasteiger partial charge on any atom is -0.433 e. The maximum absolute atomic E-state index is 13.6. The summed E-state index contributed by atoms with van der Waals surface area (Å²) in [6, 6.07) is 16.4. The van der Waals surface area contributed by atoms with Crippen LogP contribution in [0.5, 0.6) is 5.75 Å². The molecular formula is C24H22N3O3P. The molecule has 1 fully saturated rings. The molecule has 1 aliphatic rings. The van der Waals surface area contributed by atoms with Crippen LogP contribution >= 0.6 is 7.52 Å². The van der Waals surface area contributed by atoms with Crippen LogP contribution in [0.15, 0.2) is 90.5 Å². The van der Waals surface area contributed by atoms with Crippen LogP contribution in [0.1, 0.15) is 11.1 Å². The first-order chi connectivity index (χ1) is 15.0. The minimum atomic E-state index is -3.23. The number of ketones is 1. The van der Waals surface area contributed by atoms with E-state index in [1.165, 1.54) is 0 Å². The van der Waals surface area contributed by atoms with Crippen LogP contribution in [0.2, 0.25) is 0 Å². The predicted molar refractivity (Wildman–Crippen MR) is 122 cm³/mol. The van der Waals surface area contributed by atoms with Gasteiger partial charge in [0.2, 0.25) is 0 Å². The average Bonchev–Trinajstić information content (AvgIpc) is 2.78. The second-order valence-corrected chi connectivity index (χ2v) is 9.63. The van der Waals surface area contributed by atoms with E-state index in [2.05, 4.69) is 9.97 Å². The summed E-state index contributed by atoms with van der Waals surface area (Å²) in [6.07, 6.45) is 10.3. The van der Waals surface area contributed by atoms with E-state index in [-0.39, 0.29) is 18.9 Å². The van der Waals surface area contributed by atoms with Crippen LogP contribution in [-0.2, 0) is 9.36 Å². The second kappa shape index (κ2) is 9.21. The van der Waals surface area contributed by atoms with Gasteiger partial charge in [-0.1, -0.05) is 30.3 Å².